The van der Waals surface area contributed by atoms with Crippen LogP contribution in [-0.2, 0) is 11.3 Å². The van der Waals surface area contributed by atoms with E-state index in [0.29, 0.717) is 11.6 Å². The summed E-state index contributed by atoms with van der Waals surface area (Å²) < 4.78 is 26.1. The molecular formula is C13H16Cl2F2N2O. The zero-order chi connectivity index (χ0) is 14.0. The number of benzene rings is 1. The first kappa shape index (κ1) is 17.1. The Morgan fingerprint density at radius 3 is 2.55 bits per heavy atom. The van der Waals surface area contributed by atoms with Crippen molar-refractivity contribution in [2.75, 3.05) is 13.6 Å². The molecular weight excluding hydrogens is 309 g/mol. The van der Waals surface area contributed by atoms with Gasteiger partial charge in [-0.25, -0.2) is 8.78 Å². The average Bonchev–Trinajstić information content (AvgIpc) is 2.71. The standard InChI is InChI=1S/C13H15ClF2N2O.ClH/c1-18(7-9-2-4-10(14)5-3-9)12(19)11-6-13(15,16)8-17-11;/h2-5,11,17H,6-8H2,1H3;1H. The summed E-state index contributed by atoms with van der Waals surface area (Å²) in [5.74, 6) is -3.10. The smallest absolute Gasteiger partial charge is 0.262 e. The third kappa shape index (κ3) is 4.30. The summed E-state index contributed by atoms with van der Waals surface area (Å²) in [6, 6.07) is 6.28. The molecule has 1 aliphatic heterocycles. The average molecular weight is 325 g/mol. The van der Waals surface area contributed by atoms with Crippen molar-refractivity contribution in [3.63, 3.8) is 0 Å². The van der Waals surface area contributed by atoms with Crippen molar-refractivity contribution in [2.45, 2.75) is 24.9 Å². The lowest BCUT2D eigenvalue weighted by Crippen LogP contribution is -2.41. The molecule has 2 rings (SSSR count). The third-order valence-electron chi connectivity index (χ3n) is 3.12. The summed E-state index contributed by atoms with van der Waals surface area (Å²) in [5.41, 5.74) is 0.907. The summed E-state index contributed by atoms with van der Waals surface area (Å²) >= 11 is 5.77. The molecule has 1 aromatic carbocycles. The predicted molar refractivity (Wildman–Crippen MR) is 76.5 cm³/mol. The Balaban J connectivity index is 0.00000200. The van der Waals surface area contributed by atoms with Gasteiger partial charge in [0, 0.05) is 25.0 Å². The Labute approximate surface area is 127 Å². The van der Waals surface area contributed by atoms with Crippen LogP contribution in [0.1, 0.15) is 12.0 Å². The topological polar surface area (TPSA) is 32.3 Å². The second-order valence-corrected chi connectivity index (χ2v) is 5.25. The molecule has 0 bridgehead atoms. The van der Waals surface area contributed by atoms with Gasteiger partial charge < -0.3 is 4.90 Å². The first-order valence-corrected chi connectivity index (χ1v) is 6.36. The number of carbonyl (C=O) groups is 1. The first-order chi connectivity index (χ1) is 8.87. The van der Waals surface area contributed by atoms with E-state index in [2.05, 4.69) is 5.32 Å². The van der Waals surface area contributed by atoms with E-state index in [1.165, 1.54) is 4.90 Å². The van der Waals surface area contributed by atoms with E-state index in [4.69, 9.17) is 11.6 Å². The molecule has 0 radical (unpaired) electrons. The zero-order valence-electron chi connectivity index (χ0n) is 10.9. The zero-order valence-corrected chi connectivity index (χ0v) is 12.5. The number of hydrogen-bond acceptors (Lipinski definition) is 2. The monoisotopic (exact) mass is 324 g/mol. The van der Waals surface area contributed by atoms with Gasteiger partial charge in [-0.2, -0.15) is 0 Å². The molecule has 1 atom stereocenters. The highest BCUT2D eigenvalue weighted by atomic mass is 35.5. The first-order valence-electron chi connectivity index (χ1n) is 5.98. The Hall–Kier alpha value is -0.910. The quantitative estimate of drug-likeness (QED) is 0.927. The predicted octanol–water partition coefficient (Wildman–Crippen LogP) is 2.72. The van der Waals surface area contributed by atoms with Crippen LogP contribution in [0.4, 0.5) is 8.78 Å². The number of amides is 1. The molecule has 0 aromatic heterocycles. The maximum Gasteiger partial charge on any atom is 0.262 e. The number of likely N-dealkylation sites (N-methyl/N-ethyl adjacent to an activating group) is 1. The molecule has 1 aromatic rings. The SMILES string of the molecule is CN(Cc1ccc(Cl)cc1)C(=O)C1CC(F)(F)CN1.Cl. The highest BCUT2D eigenvalue weighted by Crippen LogP contribution is 2.26. The number of rotatable bonds is 3. The molecule has 3 nitrogen and oxygen atoms in total. The minimum Gasteiger partial charge on any atom is -0.340 e. The highest BCUT2D eigenvalue weighted by Gasteiger charge is 2.43. The molecule has 1 heterocycles. The van der Waals surface area contributed by atoms with Crippen LogP contribution in [-0.4, -0.2) is 36.4 Å². The fourth-order valence-electron chi connectivity index (χ4n) is 2.10. The van der Waals surface area contributed by atoms with Crippen molar-refractivity contribution < 1.29 is 13.6 Å². The summed E-state index contributed by atoms with van der Waals surface area (Å²) in [5, 5.41) is 3.18. The van der Waals surface area contributed by atoms with Gasteiger partial charge in [-0.1, -0.05) is 23.7 Å². The van der Waals surface area contributed by atoms with Crippen molar-refractivity contribution in [3.05, 3.63) is 34.9 Å². The van der Waals surface area contributed by atoms with E-state index in [1.807, 2.05) is 12.1 Å². The summed E-state index contributed by atoms with van der Waals surface area (Å²) in [6.45, 7) is -0.0576. The van der Waals surface area contributed by atoms with Crippen LogP contribution < -0.4 is 5.32 Å². The number of halogens is 4. The van der Waals surface area contributed by atoms with E-state index < -0.39 is 24.9 Å². The third-order valence-corrected chi connectivity index (χ3v) is 3.37. The van der Waals surface area contributed by atoms with E-state index >= 15 is 0 Å². The minimum absolute atomic E-state index is 0. The molecule has 112 valence electrons. The molecule has 1 fully saturated rings. The minimum atomic E-state index is -2.79. The Kier molecular flexibility index (Phi) is 5.74. The summed E-state index contributed by atoms with van der Waals surface area (Å²) in [4.78, 5) is 13.5. The summed E-state index contributed by atoms with van der Waals surface area (Å²) in [6.07, 6.45) is -0.434. The molecule has 20 heavy (non-hydrogen) atoms. The fraction of sp³-hybridized carbons (Fsp3) is 0.462. The van der Waals surface area contributed by atoms with Crippen LogP contribution >= 0.6 is 24.0 Å². The molecule has 1 aliphatic rings. The van der Waals surface area contributed by atoms with Crippen LogP contribution in [0.5, 0.6) is 0 Å². The molecule has 7 heteroatoms. The van der Waals surface area contributed by atoms with E-state index in [9.17, 15) is 13.6 Å². The van der Waals surface area contributed by atoms with Crippen molar-refractivity contribution in [1.29, 1.82) is 0 Å². The molecule has 1 amide bonds. The van der Waals surface area contributed by atoms with Gasteiger partial charge in [0.05, 0.1) is 12.6 Å². The van der Waals surface area contributed by atoms with Crippen LogP contribution in [0.2, 0.25) is 5.02 Å². The second-order valence-electron chi connectivity index (χ2n) is 4.81. The van der Waals surface area contributed by atoms with E-state index in [1.54, 1.807) is 19.2 Å². The Morgan fingerprint density at radius 2 is 2.05 bits per heavy atom. The van der Waals surface area contributed by atoms with Gasteiger partial charge in [-0.05, 0) is 17.7 Å². The van der Waals surface area contributed by atoms with Crippen LogP contribution in [0, 0.1) is 0 Å². The van der Waals surface area contributed by atoms with Gasteiger partial charge in [0.1, 0.15) is 0 Å². The normalized spacial score (nSPS) is 20.3. The number of carbonyl (C=O) groups excluding carboxylic acids is 1. The van der Waals surface area contributed by atoms with Crippen molar-refractivity contribution in [1.82, 2.24) is 10.2 Å². The van der Waals surface area contributed by atoms with Crippen LogP contribution in [0.25, 0.3) is 0 Å². The fourth-order valence-corrected chi connectivity index (χ4v) is 2.22. The number of nitrogens with one attached hydrogen (secondary N) is 1. The largest absolute Gasteiger partial charge is 0.340 e. The van der Waals surface area contributed by atoms with Crippen molar-refractivity contribution in [2.24, 2.45) is 0 Å². The van der Waals surface area contributed by atoms with Gasteiger partial charge in [0.25, 0.3) is 5.92 Å². The molecule has 0 spiro atoms. The van der Waals surface area contributed by atoms with Gasteiger partial charge in [0.2, 0.25) is 5.91 Å². The van der Waals surface area contributed by atoms with Crippen LogP contribution in [0.3, 0.4) is 0 Å². The molecule has 1 N–H and O–H groups in total. The lowest BCUT2D eigenvalue weighted by Gasteiger charge is -2.21. The van der Waals surface area contributed by atoms with Gasteiger partial charge in [0.15, 0.2) is 0 Å². The molecule has 0 aliphatic carbocycles. The maximum atomic E-state index is 13.0. The van der Waals surface area contributed by atoms with Gasteiger partial charge >= 0.3 is 0 Å². The van der Waals surface area contributed by atoms with E-state index in [0.717, 1.165) is 5.56 Å². The van der Waals surface area contributed by atoms with Gasteiger partial charge in [-0.3, -0.25) is 10.1 Å². The maximum absolute atomic E-state index is 13.0. The summed E-state index contributed by atoms with van der Waals surface area (Å²) in [7, 11) is 1.61. The van der Waals surface area contributed by atoms with Gasteiger partial charge in [-0.15, -0.1) is 12.4 Å². The molecule has 0 saturated carbocycles. The number of hydrogen-bond donors (Lipinski definition) is 1. The number of alkyl halides is 2. The molecule has 1 unspecified atom stereocenters. The Bertz CT molecular complexity index is 468. The lowest BCUT2D eigenvalue weighted by molar-refractivity contribution is -0.132. The van der Waals surface area contributed by atoms with Crippen molar-refractivity contribution >= 4 is 29.9 Å². The highest BCUT2D eigenvalue weighted by molar-refractivity contribution is 6.30. The van der Waals surface area contributed by atoms with Crippen molar-refractivity contribution in [3.8, 4) is 0 Å². The van der Waals surface area contributed by atoms with E-state index in [-0.39, 0.29) is 18.3 Å². The molecule has 1 saturated heterocycles. The Morgan fingerprint density at radius 1 is 1.45 bits per heavy atom. The second kappa shape index (κ2) is 6.70. The lowest BCUT2D eigenvalue weighted by atomic mass is 10.1. The number of nitrogens with zero attached hydrogens (tertiary/aromatic N) is 1. The van der Waals surface area contributed by atoms with Crippen LogP contribution in [0.15, 0.2) is 24.3 Å².